The van der Waals surface area contributed by atoms with Gasteiger partial charge < -0.3 is 14.2 Å². The summed E-state index contributed by atoms with van der Waals surface area (Å²) in [5.41, 5.74) is -0.577. The van der Waals surface area contributed by atoms with Gasteiger partial charge in [-0.2, -0.15) is 8.78 Å². The molecule has 0 spiro atoms. The molecule has 0 heterocycles. The summed E-state index contributed by atoms with van der Waals surface area (Å²) >= 11 is 0. The van der Waals surface area contributed by atoms with E-state index in [-0.39, 0.29) is 5.75 Å². The van der Waals surface area contributed by atoms with Crippen molar-refractivity contribution in [1.29, 1.82) is 0 Å². The van der Waals surface area contributed by atoms with Gasteiger partial charge in [0, 0.05) is 6.08 Å². The Balaban J connectivity index is 2.39. The lowest BCUT2D eigenvalue weighted by atomic mass is 10.1. The van der Waals surface area contributed by atoms with Crippen molar-refractivity contribution in [2.75, 3.05) is 14.2 Å². The Labute approximate surface area is 157 Å². The van der Waals surface area contributed by atoms with Crippen molar-refractivity contribution in [3.63, 3.8) is 0 Å². The number of ether oxygens (including phenoxy) is 3. The molecule has 0 saturated carbocycles. The summed E-state index contributed by atoms with van der Waals surface area (Å²) in [6, 6.07) is 4.52. The van der Waals surface area contributed by atoms with Gasteiger partial charge in [0.05, 0.1) is 14.2 Å². The van der Waals surface area contributed by atoms with E-state index in [4.69, 9.17) is 4.74 Å². The molecule has 28 heavy (non-hydrogen) atoms. The predicted molar refractivity (Wildman–Crippen MR) is 89.5 cm³/mol. The fourth-order valence-corrected chi connectivity index (χ4v) is 2.26. The fraction of sp³-hybridized carbons (Fsp3) is 0.211. The number of benzene rings is 2. The number of carbonyl (C=O) groups excluding carboxylic acids is 1. The zero-order chi connectivity index (χ0) is 21.1. The minimum absolute atomic E-state index is 0.155. The van der Waals surface area contributed by atoms with E-state index in [1.54, 1.807) is 6.92 Å². The molecular weight excluding hydrogens is 387 g/mol. The third-order valence-electron chi connectivity index (χ3n) is 3.74. The molecule has 150 valence electrons. The van der Waals surface area contributed by atoms with Crippen molar-refractivity contribution in [2.45, 2.75) is 13.0 Å². The zero-order valence-corrected chi connectivity index (χ0v) is 15.0. The number of rotatable bonds is 6. The smallest absolute Gasteiger partial charge is 0.429 e. The van der Waals surface area contributed by atoms with Crippen LogP contribution in [0.3, 0.4) is 0 Å². The van der Waals surface area contributed by atoms with Gasteiger partial charge in [-0.05, 0) is 42.3 Å². The van der Waals surface area contributed by atoms with Gasteiger partial charge in [0.1, 0.15) is 5.56 Å². The van der Waals surface area contributed by atoms with Crippen molar-refractivity contribution in [3.8, 4) is 11.5 Å². The van der Waals surface area contributed by atoms with Gasteiger partial charge in [0.15, 0.2) is 29.0 Å². The molecule has 0 aliphatic rings. The lowest BCUT2D eigenvalue weighted by Gasteiger charge is -2.21. The average Bonchev–Trinajstić information content (AvgIpc) is 2.65. The maximum Gasteiger partial charge on any atom is 0.429 e. The minimum Gasteiger partial charge on any atom is -0.493 e. The minimum atomic E-state index is -4.32. The van der Waals surface area contributed by atoms with Gasteiger partial charge in [-0.3, -0.25) is 0 Å². The van der Waals surface area contributed by atoms with E-state index in [0.717, 1.165) is 6.07 Å². The molecular formula is C19H15F5O4. The van der Waals surface area contributed by atoms with Gasteiger partial charge >= 0.3 is 12.1 Å². The van der Waals surface area contributed by atoms with E-state index in [1.807, 2.05) is 0 Å². The number of esters is 1. The Kier molecular flexibility index (Phi) is 6.27. The van der Waals surface area contributed by atoms with E-state index in [0.29, 0.717) is 23.3 Å². The molecule has 2 rings (SSSR count). The first kappa shape index (κ1) is 21.2. The SMILES string of the molecule is COC(=O)/C=C(/C)c1ccc(OC(F)(F)c2ccc(F)c(F)c2F)c(OC)c1. The fourth-order valence-electron chi connectivity index (χ4n) is 2.26. The topological polar surface area (TPSA) is 44.8 Å². The van der Waals surface area contributed by atoms with Crippen LogP contribution in [0.15, 0.2) is 36.4 Å². The monoisotopic (exact) mass is 402 g/mol. The molecule has 2 aromatic rings. The van der Waals surface area contributed by atoms with E-state index in [2.05, 4.69) is 9.47 Å². The average molecular weight is 402 g/mol. The molecule has 0 unspecified atom stereocenters. The standard InChI is InChI=1S/C19H15F5O4/c1-10(8-16(25)27-3)11-4-7-14(15(9-11)26-2)28-19(23,24)12-5-6-13(20)18(22)17(12)21/h4-9H,1-3H3/b10-8-. The lowest BCUT2D eigenvalue weighted by molar-refractivity contribution is -0.188. The van der Waals surface area contributed by atoms with E-state index >= 15 is 0 Å². The van der Waals surface area contributed by atoms with Gasteiger partial charge in [-0.1, -0.05) is 6.07 Å². The van der Waals surface area contributed by atoms with Crippen LogP contribution in [0.2, 0.25) is 0 Å². The summed E-state index contributed by atoms with van der Waals surface area (Å²) in [4.78, 5) is 11.3. The van der Waals surface area contributed by atoms with Crippen LogP contribution < -0.4 is 9.47 Å². The first-order chi connectivity index (χ1) is 13.1. The number of halogens is 5. The second-order valence-corrected chi connectivity index (χ2v) is 5.56. The molecule has 0 aliphatic carbocycles. The van der Waals surface area contributed by atoms with Gasteiger partial charge in [0.2, 0.25) is 0 Å². The number of allylic oxidation sites excluding steroid dienone is 1. The Morgan fingerprint density at radius 2 is 1.68 bits per heavy atom. The zero-order valence-electron chi connectivity index (χ0n) is 15.0. The highest BCUT2D eigenvalue weighted by molar-refractivity contribution is 5.91. The second kappa shape index (κ2) is 8.28. The van der Waals surface area contributed by atoms with Crippen LogP contribution >= 0.6 is 0 Å². The van der Waals surface area contributed by atoms with Crippen LogP contribution in [-0.4, -0.2) is 20.2 Å². The molecule has 0 aromatic heterocycles. The molecule has 0 radical (unpaired) electrons. The molecule has 0 aliphatic heterocycles. The van der Waals surface area contributed by atoms with Crippen LogP contribution in [0.5, 0.6) is 11.5 Å². The molecule has 0 bridgehead atoms. The Hall–Kier alpha value is -3.10. The second-order valence-electron chi connectivity index (χ2n) is 5.56. The molecule has 2 aromatic carbocycles. The Morgan fingerprint density at radius 1 is 1.00 bits per heavy atom. The first-order valence-electron chi connectivity index (χ1n) is 7.76. The van der Waals surface area contributed by atoms with Gasteiger partial charge in [-0.25, -0.2) is 18.0 Å². The van der Waals surface area contributed by atoms with Crippen molar-refractivity contribution >= 4 is 11.5 Å². The highest BCUT2D eigenvalue weighted by Gasteiger charge is 2.40. The van der Waals surface area contributed by atoms with E-state index < -0.39 is 40.8 Å². The largest absolute Gasteiger partial charge is 0.493 e. The highest BCUT2D eigenvalue weighted by Crippen LogP contribution is 2.39. The molecule has 4 nitrogen and oxygen atoms in total. The molecule has 0 atom stereocenters. The number of hydrogen-bond acceptors (Lipinski definition) is 4. The lowest BCUT2D eigenvalue weighted by Crippen LogP contribution is -2.24. The van der Waals surface area contributed by atoms with E-state index in [1.165, 1.54) is 32.4 Å². The Bertz CT molecular complexity index is 925. The Morgan fingerprint density at radius 3 is 2.29 bits per heavy atom. The van der Waals surface area contributed by atoms with Crippen LogP contribution in [-0.2, 0) is 15.6 Å². The van der Waals surface area contributed by atoms with Crippen molar-refractivity contribution in [2.24, 2.45) is 0 Å². The number of carbonyl (C=O) groups is 1. The number of hydrogen-bond donors (Lipinski definition) is 0. The summed E-state index contributed by atoms with van der Waals surface area (Å²) in [6.07, 6.45) is -3.13. The summed E-state index contributed by atoms with van der Waals surface area (Å²) in [5.74, 6) is -6.95. The third-order valence-corrected chi connectivity index (χ3v) is 3.74. The summed E-state index contributed by atoms with van der Waals surface area (Å²) in [7, 11) is 2.38. The molecule has 0 fully saturated rings. The molecule has 0 saturated heterocycles. The molecule has 0 N–H and O–H groups in total. The van der Waals surface area contributed by atoms with Crippen molar-refractivity contribution < 1.29 is 41.0 Å². The van der Waals surface area contributed by atoms with Gasteiger partial charge in [-0.15, -0.1) is 0 Å². The molecule has 0 amide bonds. The summed E-state index contributed by atoms with van der Waals surface area (Å²) in [6.45, 7) is 1.58. The summed E-state index contributed by atoms with van der Waals surface area (Å²) < 4.78 is 82.6. The van der Waals surface area contributed by atoms with Crippen molar-refractivity contribution in [1.82, 2.24) is 0 Å². The normalized spacial score (nSPS) is 11.9. The quantitative estimate of drug-likeness (QED) is 0.301. The summed E-state index contributed by atoms with van der Waals surface area (Å²) in [5, 5.41) is 0. The predicted octanol–water partition coefficient (Wildman–Crippen LogP) is 4.82. The highest BCUT2D eigenvalue weighted by atomic mass is 19.3. The number of methoxy groups -OCH3 is 2. The third kappa shape index (κ3) is 4.41. The van der Waals surface area contributed by atoms with E-state index in [9.17, 15) is 26.7 Å². The van der Waals surface area contributed by atoms with Crippen LogP contribution in [0, 0.1) is 17.5 Å². The maximum atomic E-state index is 14.3. The molecule has 9 heteroatoms. The number of alkyl halides is 2. The van der Waals surface area contributed by atoms with Gasteiger partial charge in [0.25, 0.3) is 0 Å². The van der Waals surface area contributed by atoms with Crippen LogP contribution in [0.1, 0.15) is 18.1 Å². The van der Waals surface area contributed by atoms with Crippen LogP contribution in [0.25, 0.3) is 5.57 Å². The maximum absolute atomic E-state index is 14.3. The van der Waals surface area contributed by atoms with Crippen molar-refractivity contribution in [3.05, 3.63) is 65.0 Å². The first-order valence-corrected chi connectivity index (χ1v) is 7.76. The van der Waals surface area contributed by atoms with Crippen LogP contribution in [0.4, 0.5) is 22.0 Å².